The van der Waals surface area contributed by atoms with Crippen LogP contribution in [0.25, 0.3) is 0 Å². The average molecular weight is 165 g/mol. The summed E-state index contributed by atoms with van der Waals surface area (Å²) >= 11 is 0. The lowest BCUT2D eigenvalue weighted by Crippen LogP contribution is -2.43. The number of piperidine rings is 1. The molecule has 66 valence electrons. The van der Waals surface area contributed by atoms with Crippen LogP contribution in [0, 0.1) is 0 Å². The van der Waals surface area contributed by atoms with Crippen LogP contribution in [0.5, 0.6) is 0 Å². The second-order valence-corrected chi connectivity index (χ2v) is 3.27. The number of allylic oxidation sites excluding steroid dienone is 1. The van der Waals surface area contributed by atoms with Gasteiger partial charge in [0.15, 0.2) is 0 Å². The van der Waals surface area contributed by atoms with Crippen LogP contribution < -0.4 is 0 Å². The molecule has 1 saturated heterocycles. The number of hydrogen-bond acceptors (Lipinski definition) is 3. The number of hydrogen-bond donors (Lipinski definition) is 0. The summed E-state index contributed by atoms with van der Waals surface area (Å²) in [6.07, 6.45) is 10.0. The molecule has 2 aliphatic rings. The van der Waals surface area contributed by atoms with E-state index in [2.05, 4.69) is 21.2 Å². The maximum Gasteiger partial charge on any atom is 0.124 e. The first kappa shape index (κ1) is 7.80. The Hall–Kier alpha value is -0.830. The molecular weight excluding hydrogens is 150 g/mol. The van der Waals surface area contributed by atoms with Crippen molar-refractivity contribution in [3.63, 3.8) is 0 Å². The van der Waals surface area contributed by atoms with E-state index in [4.69, 9.17) is 0 Å². The van der Waals surface area contributed by atoms with E-state index >= 15 is 0 Å². The second-order valence-electron chi connectivity index (χ2n) is 3.27. The zero-order valence-electron chi connectivity index (χ0n) is 7.32. The van der Waals surface area contributed by atoms with E-state index in [-0.39, 0.29) is 0 Å². The third-order valence-corrected chi connectivity index (χ3v) is 2.37. The first-order valence-corrected chi connectivity index (χ1v) is 4.65. The molecule has 0 aliphatic carbocycles. The van der Waals surface area contributed by atoms with Crippen molar-refractivity contribution in [3.05, 3.63) is 12.3 Å². The first-order valence-electron chi connectivity index (χ1n) is 4.65. The predicted octanol–water partition coefficient (Wildman–Crippen LogP) is 1.24. The monoisotopic (exact) mass is 165 g/mol. The Bertz CT molecular complexity index is 192. The van der Waals surface area contributed by atoms with Crippen LogP contribution in [0.1, 0.15) is 19.3 Å². The smallest absolute Gasteiger partial charge is 0.124 e. The summed E-state index contributed by atoms with van der Waals surface area (Å²) in [5, 5.41) is 4.59. The van der Waals surface area contributed by atoms with E-state index in [1.165, 1.54) is 32.4 Å². The Morgan fingerprint density at radius 1 is 1.08 bits per heavy atom. The molecule has 2 aliphatic heterocycles. The first-order chi connectivity index (χ1) is 5.97. The summed E-state index contributed by atoms with van der Waals surface area (Å²) < 4.78 is 0. The van der Waals surface area contributed by atoms with Crippen LogP contribution in [0.2, 0.25) is 0 Å². The van der Waals surface area contributed by atoms with E-state index in [0.717, 1.165) is 6.67 Å². The van der Waals surface area contributed by atoms with Crippen molar-refractivity contribution in [2.45, 2.75) is 19.3 Å². The fraction of sp³-hybridized carbons (Fsp3) is 0.667. The minimum atomic E-state index is 0.802. The van der Waals surface area contributed by atoms with Gasteiger partial charge < -0.3 is 0 Å². The van der Waals surface area contributed by atoms with Crippen LogP contribution in [-0.4, -0.2) is 36.0 Å². The van der Waals surface area contributed by atoms with E-state index in [0.29, 0.717) is 0 Å². The molecule has 0 bridgehead atoms. The van der Waals surface area contributed by atoms with Gasteiger partial charge in [-0.2, -0.15) is 0 Å². The molecule has 3 heteroatoms. The molecular formula is C9H15N3. The van der Waals surface area contributed by atoms with E-state index in [1.54, 1.807) is 0 Å². The van der Waals surface area contributed by atoms with Crippen molar-refractivity contribution in [2.24, 2.45) is 4.99 Å². The van der Waals surface area contributed by atoms with Gasteiger partial charge in [-0.3, -0.25) is 10.0 Å². The minimum absolute atomic E-state index is 0.802. The molecule has 0 radical (unpaired) electrons. The third kappa shape index (κ3) is 1.67. The number of nitrogens with zero attached hydrogens (tertiary/aromatic N) is 3. The maximum atomic E-state index is 4.21. The predicted molar refractivity (Wildman–Crippen MR) is 49.8 cm³/mol. The van der Waals surface area contributed by atoms with Crippen LogP contribution in [0.15, 0.2) is 17.3 Å². The Morgan fingerprint density at radius 3 is 2.58 bits per heavy atom. The highest BCUT2D eigenvalue weighted by atomic mass is 15.6. The SMILES string of the molecule is C1=CN(N2CCCCC2)CN=C1. The van der Waals surface area contributed by atoms with Gasteiger partial charge >= 0.3 is 0 Å². The van der Waals surface area contributed by atoms with E-state index < -0.39 is 0 Å². The molecule has 2 rings (SSSR count). The van der Waals surface area contributed by atoms with Crippen LogP contribution in [0.3, 0.4) is 0 Å². The molecule has 0 aromatic heterocycles. The van der Waals surface area contributed by atoms with Gasteiger partial charge in [0.05, 0.1) is 0 Å². The van der Waals surface area contributed by atoms with Gasteiger partial charge in [-0.05, 0) is 18.9 Å². The zero-order valence-corrected chi connectivity index (χ0v) is 7.32. The lowest BCUT2D eigenvalue weighted by atomic mass is 10.2. The van der Waals surface area contributed by atoms with Crippen molar-refractivity contribution in [1.82, 2.24) is 10.0 Å². The van der Waals surface area contributed by atoms with Crippen LogP contribution in [-0.2, 0) is 0 Å². The summed E-state index contributed by atoms with van der Waals surface area (Å²) in [6, 6.07) is 0. The molecule has 0 N–H and O–H groups in total. The fourth-order valence-electron chi connectivity index (χ4n) is 1.69. The van der Waals surface area contributed by atoms with E-state index in [1.807, 2.05) is 12.3 Å². The largest absolute Gasteiger partial charge is 0.292 e. The van der Waals surface area contributed by atoms with Crippen molar-refractivity contribution in [2.75, 3.05) is 19.8 Å². The van der Waals surface area contributed by atoms with Crippen molar-refractivity contribution < 1.29 is 0 Å². The van der Waals surface area contributed by atoms with Crippen LogP contribution in [0.4, 0.5) is 0 Å². The summed E-state index contributed by atoms with van der Waals surface area (Å²) in [6.45, 7) is 3.19. The third-order valence-electron chi connectivity index (χ3n) is 2.37. The van der Waals surface area contributed by atoms with Gasteiger partial charge in [-0.1, -0.05) is 6.42 Å². The van der Waals surface area contributed by atoms with Crippen LogP contribution >= 0.6 is 0 Å². The highest BCUT2D eigenvalue weighted by Crippen LogP contribution is 2.12. The molecule has 0 aromatic carbocycles. The highest BCUT2D eigenvalue weighted by molar-refractivity contribution is 5.71. The molecule has 0 atom stereocenters. The van der Waals surface area contributed by atoms with Crippen molar-refractivity contribution in [3.8, 4) is 0 Å². The molecule has 2 heterocycles. The number of rotatable bonds is 1. The summed E-state index contributed by atoms with van der Waals surface area (Å²) in [4.78, 5) is 4.21. The van der Waals surface area contributed by atoms with Crippen molar-refractivity contribution >= 4 is 6.21 Å². The van der Waals surface area contributed by atoms with Gasteiger partial charge in [0.2, 0.25) is 0 Å². The molecule has 12 heavy (non-hydrogen) atoms. The average Bonchev–Trinajstić information content (AvgIpc) is 2.21. The summed E-state index contributed by atoms with van der Waals surface area (Å²) in [5.41, 5.74) is 0. The fourth-order valence-corrected chi connectivity index (χ4v) is 1.69. The van der Waals surface area contributed by atoms with Gasteiger partial charge in [0.25, 0.3) is 0 Å². The second kappa shape index (κ2) is 3.72. The zero-order chi connectivity index (χ0) is 8.23. The lowest BCUT2D eigenvalue weighted by Gasteiger charge is -2.36. The maximum absolute atomic E-state index is 4.21. The summed E-state index contributed by atoms with van der Waals surface area (Å²) in [7, 11) is 0. The van der Waals surface area contributed by atoms with Gasteiger partial charge in [-0.15, -0.1) is 0 Å². The Kier molecular flexibility index (Phi) is 2.42. The molecule has 0 amide bonds. The Morgan fingerprint density at radius 2 is 1.92 bits per heavy atom. The molecule has 0 aromatic rings. The molecule has 0 spiro atoms. The Balaban J connectivity index is 1.90. The van der Waals surface area contributed by atoms with Gasteiger partial charge in [0.1, 0.15) is 6.67 Å². The number of hydrazine groups is 1. The minimum Gasteiger partial charge on any atom is -0.292 e. The summed E-state index contributed by atoms with van der Waals surface area (Å²) in [5.74, 6) is 0. The normalized spacial score (nSPS) is 24.8. The molecule has 0 unspecified atom stereocenters. The number of aliphatic imine (C=N–C) groups is 1. The van der Waals surface area contributed by atoms with Gasteiger partial charge in [-0.25, -0.2) is 5.01 Å². The van der Waals surface area contributed by atoms with E-state index in [9.17, 15) is 0 Å². The highest BCUT2D eigenvalue weighted by Gasteiger charge is 2.14. The van der Waals surface area contributed by atoms with Crippen molar-refractivity contribution in [1.29, 1.82) is 0 Å². The topological polar surface area (TPSA) is 18.8 Å². The molecule has 1 fully saturated rings. The standard InChI is InChI=1S/C9H15N3/c1-2-6-11(7-3-1)12-8-4-5-10-9-12/h4-5,8H,1-3,6-7,9H2. The van der Waals surface area contributed by atoms with Gasteiger partial charge in [0, 0.05) is 25.5 Å². The lowest BCUT2D eigenvalue weighted by molar-refractivity contribution is 0.00589. The quantitative estimate of drug-likeness (QED) is 0.582. The Labute approximate surface area is 73.3 Å². The molecule has 0 saturated carbocycles. The molecule has 3 nitrogen and oxygen atoms in total.